The summed E-state index contributed by atoms with van der Waals surface area (Å²) in [6.07, 6.45) is 1.42. The number of amides is 4. The maximum Gasteiger partial charge on any atom is 0.329 e. The Balaban J connectivity index is 1.71. The van der Waals surface area contributed by atoms with Crippen LogP contribution in [0.1, 0.15) is 11.1 Å². The van der Waals surface area contributed by atoms with Gasteiger partial charge < -0.3 is 15.7 Å². The van der Waals surface area contributed by atoms with Crippen LogP contribution >= 0.6 is 11.6 Å². The van der Waals surface area contributed by atoms with E-state index in [-0.39, 0.29) is 16.5 Å². The molecular weight excluding hydrogens is 370 g/mol. The van der Waals surface area contributed by atoms with Gasteiger partial charge in [0.2, 0.25) is 5.91 Å². The predicted octanol–water partition coefficient (Wildman–Crippen LogP) is 2.89. The van der Waals surface area contributed by atoms with Crippen molar-refractivity contribution in [3.05, 3.63) is 64.3 Å². The number of benzene rings is 2. The first-order valence-electron chi connectivity index (χ1n) is 8.03. The zero-order valence-corrected chi connectivity index (χ0v) is 15.1. The number of carbonyl (C=O) groups is 3. The summed E-state index contributed by atoms with van der Waals surface area (Å²) in [5.74, 6) is -1.20. The smallest absolute Gasteiger partial charge is 0.329 e. The third-order valence-electron chi connectivity index (χ3n) is 3.85. The number of carbonyl (C=O) groups excluding carboxylic acids is 3. The molecule has 0 radical (unpaired) electrons. The molecule has 7 nitrogen and oxygen atoms in total. The number of aromatic hydroxyl groups is 1. The van der Waals surface area contributed by atoms with Crippen LogP contribution in [0.2, 0.25) is 5.02 Å². The molecule has 1 aliphatic heterocycles. The maximum atomic E-state index is 12.4. The van der Waals surface area contributed by atoms with Gasteiger partial charge in [0.25, 0.3) is 5.91 Å². The molecule has 3 rings (SSSR count). The molecule has 2 aromatic carbocycles. The minimum Gasteiger partial charge on any atom is -0.506 e. The van der Waals surface area contributed by atoms with Crippen molar-refractivity contribution < 1.29 is 19.5 Å². The molecule has 0 spiro atoms. The van der Waals surface area contributed by atoms with Crippen LogP contribution in [0.3, 0.4) is 0 Å². The molecule has 0 aliphatic carbocycles. The van der Waals surface area contributed by atoms with Gasteiger partial charge in [0.05, 0.1) is 5.02 Å². The molecule has 138 valence electrons. The van der Waals surface area contributed by atoms with Gasteiger partial charge in [-0.3, -0.25) is 9.59 Å². The van der Waals surface area contributed by atoms with Crippen LogP contribution in [0.15, 0.2) is 48.2 Å². The van der Waals surface area contributed by atoms with Gasteiger partial charge in [-0.05, 0) is 48.4 Å². The Bertz CT molecular complexity index is 971. The Hall–Kier alpha value is -3.32. The average Bonchev–Trinajstić information content (AvgIpc) is 2.85. The van der Waals surface area contributed by atoms with E-state index in [2.05, 4.69) is 10.6 Å². The highest BCUT2D eigenvalue weighted by molar-refractivity contribution is 6.32. The van der Waals surface area contributed by atoms with E-state index in [0.29, 0.717) is 11.3 Å². The number of phenols is 1. The monoisotopic (exact) mass is 385 g/mol. The number of urea groups is 1. The van der Waals surface area contributed by atoms with Crippen LogP contribution < -0.4 is 10.6 Å². The van der Waals surface area contributed by atoms with Gasteiger partial charge in [0, 0.05) is 5.69 Å². The fourth-order valence-electron chi connectivity index (χ4n) is 2.56. The molecule has 4 amide bonds. The lowest BCUT2D eigenvalue weighted by atomic mass is 10.2. The number of hydrogen-bond acceptors (Lipinski definition) is 4. The zero-order valence-electron chi connectivity index (χ0n) is 14.3. The molecular formula is C19H16ClN3O4. The van der Waals surface area contributed by atoms with Crippen molar-refractivity contribution in [2.75, 3.05) is 11.9 Å². The molecule has 0 unspecified atom stereocenters. The largest absolute Gasteiger partial charge is 0.506 e. The van der Waals surface area contributed by atoms with Crippen LogP contribution in [0.5, 0.6) is 5.75 Å². The lowest BCUT2D eigenvalue weighted by Gasteiger charge is -2.12. The molecule has 1 heterocycles. The van der Waals surface area contributed by atoms with Crippen LogP contribution in [0, 0.1) is 6.92 Å². The Kier molecular flexibility index (Phi) is 5.14. The lowest BCUT2D eigenvalue weighted by molar-refractivity contribution is -0.127. The Labute approximate surface area is 160 Å². The third kappa shape index (κ3) is 4.27. The minimum atomic E-state index is -0.685. The van der Waals surface area contributed by atoms with Crippen molar-refractivity contribution >= 4 is 41.2 Å². The first-order chi connectivity index (χ1) is 12.8. The second-order valence-electron chi connectivity index (χ2n) is 6.01. The molecule has 1 fully saturated rings. The maximum absolute atomic E-state index is 12.4. The number of anilines is 1. The standard InChI is InChI=1S/C19H16ClN3O4/c1-11-3-2-4-13(7-11)21-17(25)10-23-18(26)15(22-19(23)27)9-12-5-6-16(24)14(20)8-12/h2-9,24H,10H2,1H3,(H,21,25)(H,22,27)/b15-9+. The van der Waals surface area contributed by atoms with Crippen molar-refractivity contribution in [2.24, 2.45) is 0 Å². The highest BCUT2D eigenvalue weighted by atomic mass is 35.5. The molecule has 3 N–H and O–H groups in total. The molecule has 8 heteroatoms. The van der Waals surface area contributed by atoms with E-state index >= 15 is 0 Å². The number of nitrogens with one attached hydrogen (secondary N) is 2. The van der Waals surface area contributed by atoms with Gasteiger partial charge in [0.15, 0.2) is 0 Å². The van der Waals surface area contributed by atoms with E-state index in [1.165, 1.54) is 18.2 Å². The molecule has 0 saturated carbocycles. The van der Waals surface area contributed by atoms with E-state index in [1.54, 1.807) is 24.3 Å². The average molecular weight is 386 g/mol. The number of imide groups is 1. The summed E-state index contributed by atoms with van der Waals surface area (Å²) in [7, 11) is 0. The molecule has 1 saturated heterocycles. The molecule has 1 aliphatic rings. The molecule has 0 bridgehead atoms. The van der Waals surface area contributed by atoms with Gasteiger partial charge in [-0.25, -0.2) is 9.69 Å². The van der Waals surface area contributed by atoms with E-state index in [0.717, 1.165) is 10.5 Å². The van der Waals surface area contributed by atoms with Gasteiger partial charge >= 0.3 is 6.03 Å². The third-order valence-corrected chi connectivity index (χ3v) is 4.15. The van der Waals surface area contributed by atoms with Crippen molar-refractivity contribution in [3.8, 4) is 5.75 Å². The molecule has 2 aromatic rings. The quantitative estimate of drug-likeness (QED) is 0.556. The number of hydrogen-bond donors (Lipinski definition) is 3. The van der Waals surface area contributed by atoms with Crippen molar-refractivity contribution in [1.82, 2.24) is 10.2 Å². The van der Waals surface area contributed by atoms with Gasteiger partial charge in [-0.15, -0.1) is 0 Å². The topological polar surface area (TPSA) is 98.7 Å². The minimum absolute atomic E-state index is 0.0186. The number of aryl methyl sites for hydroxylation is 1. The van der Waals surface area contributed by atoms with E-state index in [9.17, 15) is 19.5 Å². The summed E-state index contributed by atoms with van der Waals surface area (Å²) in [6.45, 7) is 1.48. The number of nitrogens with zero attached hydrogens (tertiary/aromatic N) is 1. The van der Waals surface area contributed by atoms with Crippen LogP contribution in [-0.4, -0.2) is 34.4 Å². The fourth-order valence-corrected chi connectivity index (χ4v) is 2.75. The van der Waals surface area contributed by atoms with Crippen molar-refractivity contribution in [1.29, 1.82) is 0 Å². The SMILES string of the molecule is Cc1cccc(NC(=O)CN2C(=O)N/C(=C/c3ccc(O)c(Cl)c3)C2=O)c1. The van der Waals surface area contributed by atoms with E-state index < -0.39 is 24.4 Å². The first-order valence-corrected chi connectivity index (χ1v) is 8.41. The summed E-state index contributed by atoms with van der Waals surface area (Å²) in [5, 5.41) is 14.6. The summed E-state index contributed by atoms with van der Waals surface area (Å²) >= 11 is 5.84. The summed E-state index contributed by atoms with van der Waals surface area (Å²) in [6, 6.07) is 10.9. The van der Waals surface area contributed by atoms with Gasteiger partial charge in [-0.1, -0.05) is 29.8 Å². The highest BCUT2D eigenvalue weighted by Gasteiger charge is 2.34. The van der Waals surface area contributed by atoms with E-state index in [1.807, 2.05) is 13.0 Å². The second-order valence-corrected chi connectivity index (χ2v) is 6.42. The normalized spacial score (nSPS) is 15.2. The number of rotatable bonds is 4. The van der Waals surface area contributed by atoms with E-state index in [4.69, 9.17) is 11.6 Å². The van der Waals surface area contributed by atoms with Crippen LogP contribution in [-0.2, 0) is 9.59 Å². The first kappa shape index (κ1) is 18.5. The fraction of sp³-hybridized carbons (Fsp3) is 0.105. The van der Waals surface area contributed by atoms with Crippen LogP contribution in [0.25, 0.3) is 6.08 Å². The molecule has 0 aromatic heterocycles. The summed E-state index contributed by atoms with van der Waals surface area (Å²) in [4.78, 5) is 37.5. The Morgan fingerprint density at radius 2 is 2.04 bits per heavy atom. The lowest BCUT2D eigenvalue weighted by Crippen LogP contribution is -2.38. The van der Waals surface area contributed by atoms with Gasteiger partial charge in [-0.2, -0.15) is 0 Å². The Morgan fingerprint density at radius 1 is 1.26 bits per heavy atom. The zero-order chi connectivity index (χ0) is 19.6. The van der Waals surface area contributed by atoms with Crippen molar-refractivity contribution in [2.45, 2.75) is 6.92 Å². The number of phenolic OH excluding ortho intramolecular Hbond substituents is 1. The molecule has 27 heavy (non-hydrogen) atoms. The van der Waals surface area contributed by atoms with Crippen molar-refractivity contribution in [3.63, 3.8) is 0 Å². The van der Waals surface area contributed by atoms with Gasteiger partial charge in [0.1, 0.15) is 18.0 Å². The predicted molar refractivity (Wildman–Crippen MR) is 101 cm³/mol. The Morgan fingerprint density at radius 3 is 2.74 bits per heavy atom. The highest BCUT2D eigenvalue weighted by Crippen LogP contribution is 2.25. The second kappa shape index (κ2) is 7.51. The summed E-state index contributed by atoms with van der Waals surface area (Å²) < 4.78 is 0. The van der Waals surface area contributed by atoms with Crippen LogP contribution in [0.4, 0.5) is 10.5 Å². The number of halogens is 1. The molecule has 0 atom stereocenters. The summed E-state index contributed by atoms with van der Waals surface area (Å²) in [5.41, 5.74) is 2.10.